The molecular formula is C34H36ClN3O4S. The van der Waals surface area contributed by atoms with Gasteiger partial charge in [-0.05, 0) is 67.8 Å². The van der Waals surface area contributed by atoms with Crippen LogP contribution in [-0.4, -0.2) is 44.3 Å². The number of hydrogen-bond acceptors (Lipinski definition) is 4. The van der Waals surface area contributed by atoms with Gasteiger partial charge in [0, 0.05) is 24.5 Å². The molecule has 1 atom stereocenters. The van der Waals surface area contributed by atoms with Crippen molar-refractivity contribution in [2.45, 2.75) is 44.7 Å². The fourth-order valence-electron chi connectivity index (χ4n) is 4.88. The number of carbonyl (C=O) groups is 2. The van der Waals surface area contributed by atoms with Crippen molar-refractivity contribution in [2.24, 2.45) is 0 Å². The molecule has 4 aromatic carbocycles. The fourth-order valence-corrected chi connectivity index (χ4v) is 6.58. The number of anilines is 1. The highest BCUT2D eigenvalue weighted by atomic mass is 35.5. The average Bonchev–Trinajstić information content (AvgIpc) is 2.99. The second kappa shape index (κ2) is 14.4. The van der Waals surface area contributed by atoms with Gasteiger partial charge in [0.05, 0.1) is 10.6 Å². The van der Waals surface area contributed by atoms with E-state index in [0.717, 1.165) is 21.0 Å². The number of amides is 2. The summed E-state index contributed by atoms with van der Waals surface area (Å²) in [5.41, 5.74) is 3.52. The van der Waals surface area contributed by atoms with Gasteiger partial charge in [0.2, 0.25) is 11.8 Å². The van der Waals surface area contributed by atoms with Crippen LogP contribution in [0.5, 0.6) is 0 Å². The second-order valence-corrected chi connectivity index (χ2v) is 12.7. The van der Waals surface area contributed by atoms with Gasteiger partial charge in [-0.25, -0.2) is 8.42 Å². The van der Waals surface area contributed by atoms with Crippen LogP contribution in [0.25, 0.3) is 0 Å². The number of hydrogen-bond donors (Lipinski definition) is 1. The minimum absolute atomic E-state index is 0.0550. The van der Waals surface area contributed by atoms with E-state index in [9.17, 15) is 18.0 Å². The molecule has 9 heteroatoms. The Bertz CT molecular complexity index is 1650. The molecule has 1 N–H and O–H groups in total. The molecule has 0 aliphatic heterocycles. The van der Waals surface area contributed by atoms with Gasteiger partial charge in [0.15, 0.2) is 0 Å². The highest BCUT2D eigenvalue weighted by Crippen LogP contribution is 2.30. The molecule has 43 heavy (non-hydrogen) atoms. The number of nitrogens with one attached hydrogen (secondary N) is 1. The maximum atomic E-state index is 14.4. The number of sulfonamides is 1. The highest BCUT2D eigenvalue weighted by molar-refractivity contribution is 7.92. The first-order valence-corrected chi connectivity index (χ1v) is 15.9. The third-order valence-corrected chi connectivity index (χ3v) is 9.14. The molecular weight excluding hydrogens is 582 g/mol. The van der Waals surface area contributed by atoms with E-state index >= 15 is 0 Å². The lowest BCUT2D eigenvalue weighted by Gasteiger charge is -2.34. The van der Waals surface area contributed by atoms with Crippen molar-refractivity contribution in [1.82, 2.24) is 10.2 Å². The first kappa shape index (κ1) is 31.8. The Balaban J connectivity index is 1.80. The maximum absolute atomic E-state index is 14.4. The molecule has 7 nitrogen and oxygen atoms in total. The molecule has 0 unspecified atom stereocenters. The van der Waals surface area contributed by atoms with E-state index in [0.29, 0.717) is 22.8 Å². The summed E-state index contributed by atoms with van der Waals surface area (Å²) in [5.74, 6) is -0.827. The Morgan fingerprint density at radius 2 is 1.44 bits per heavy atom. The molecule has 0 fully saturated rings. The monoisotopic (exact) mass is 617 g/mol. The summed E-state index contributed by atoms with van der Waals surface area (Å²) < 4.78 is 29.4. The number of benzene rings is 4. The zero-order valence-electron chi connectivity index (χ0n) is 24.5. The molecule has 0 saturated carbocycles. The predicted molar refractivity (Wildman–Crippen MR) is 172 cm³/mol. The summed E-state index contributed by atoms with van der Waals surface area (Å²) in [7, 11) is -4.18. The molecule has 4 rings (SSSR count). The molecule has 0 saturated heterocycles. The van der Waals surface area contributed by atoms with Crippen LogP contribution >= 0.6 is 11.6 Å². The van der Waals surface area contributed by atoms with Crippen molar-refractivity contribution in [3.63, 3.8) is 0 Å². The normalized spacial score (nSPS) is 11.9. The van der Waals surface area contributed by atoms with Crippen LogP contribution in [0.4, 0.5) is 5.69 Å². The number of likely N-dealkylation sites (N-methyl/N-ethyl adjacent to an activating group) is 1. The van der Waals surface area contributed by atoms with Crippen LogP contribution < -0.4 is 9.62 Å². The summed E-state index contributed by atoms with van der Waals surface area (Å²) in [6.07, 6.45) is 0.260. The van der Waals surface area contributed by atoms with Crippen LogP contribution in [-0.2, 0) is 32.6 Å². The van der Waals surface area contributed by atoms with Crippen LogP contribution in [0.3, 0.4) is 0 Å². The van der Waals surface area contributed by atoms with Crippen molar-refractivity contribution < 1.29 is 18.0 Å². The van der Waals surface area contributed by atoms with Crippen molar-refractivity contribution in [2.75, 3.05) is 17.4 Å². The third kappa shape index (κ3) is 8.03. The Kier molecular flexibility index (Phi) is 10.6. The molecule has 0 aliphatic carbocycles. The average molecular weight is 618 g/mol. The lowest BCUT2D eigenvalue weighted by atomic mass is 10.0. The van der Waals surface area contributed by atoms with Gasteiger partial charge in [0.25, 0.3) is 10.0 Å². The van der Waals surface area contributed by atoms with Gasteiger partial charge in [0.1, 0.15) is 12.6 Å². The number of nitrogens with zero attached hydrogens (tertiary/aromatic N) is 2. The maximum Gasteiger partial charge on any atom is 0.264 e. The Labute approximate surface area is 259 Å². The smallest absolute Gasteiger partial charge is 0.264 e. The zero-order chi connectivity index (χ0) is 31.0. The molecule has 0 aromatic heterocycles. The third-order valence-electron chi connectivity index (χ3n) is 7.13. The van der Waals surface area contributed by atoms with Crippen LogP contribution in [0.1, 0.15) is 29.2 Å². The van der Waals surface area contributed by atoms with Crippen LogP contribution in [0.2, 0.25) is 5.02 Å². The van der Waals surface area contributed by atoms with Crippen molar-refractivity contribution >= 4 is 39.1 Å². The van der Waals surface area contributed by atoms with E-state index in [1.54, 1.807) is 37.3 Å². The lowest BCUT2D eigenvalue weighted by Crippen LogP contribution is -2.53. The first-order valence-electron chi connectivity index (χ1n) is 14.1. The first-order chi connectivity index (χ1) is 20.6. The second-order valence-electron chi connectivity index (χ2n) is 10.4. The summed E-state index contributed by atoms with van der Waals surface area (Å²) in [4.78, 5) is 29.5. The number of halogens is 1. The van der Waals surface area contributed by atoms with E-state index in [2.05, 4.69) is 5.32 Å². The molecule has 0 bridgehead atoms. The van der Waals surface area contributed by atoms with Crippen molar-refractivity contribution in [3.8, 4) is 0 Å². The fraction of sp³-hybridized carbons (Fsp3) is 0.235. The Morgan fingerprint density at radius 3 is 2.02 bits per heavy atom. The molecule has 0 spiro atoms. The molecule has 2 amide bonds. The van der Waals surface area contributed by atoms with Crippen LogP contribution in [0.15, 0.2) is 108 Å². The molecule has 0 aliphatic rings. The number of aryl methyl sites for hydroxylation is 2. The van der Waals surface area contributed by atoms with Gasteiger partial charge in [-0.1, -0.05) is 90.0 Å². The van der Waals surface area contributed by atoms with Crippen molar-refractivity contribution in [1.29, 1.82) is 0 Å². The zero-order valence-corrected chi connectivity index (χ0v) is 26.1. The molecule has 4 aromatic rings. The SMILES string of the molecule is CCNC(=O)[C@H](Cc1ccccc1)N(Cc1ccccc1)C(=O)CN(c1ccc(Cl)cc1C)S(=O)(=O)c1ccc(C)cc1. The highest BCUT2D eigenvalue weighted by Gasteiger charge is 2.35. The quantitative estimate of drug-likeness (QED) is 0.214. The predicted octanol–water partition coefficient (Wildman–Crippen LogP) is 5.93. The van der Waals surface area contributed by atoms with E-state index in [4.69, 9.17) is 11.6 Å². The summed E-state index contributed by atoms with van der Waals surface area (Å²) in [6, 6.07) is 29.3. The topological polar surface area (TPSA) is 86.8 Å². The van der Waals surface area contributed by atoms with Gasteiger partial charge in [-0.3, -0.25) is 13.9 Å². The van der Waals surface area contributed by atoms with Gasteiger partial charge in [-0.15, -0.1) is 0 Å². The van der Waals surface area contributed by atoms with E-state index in [-0.39, 0.29) is 23.8 Å². The van der Waals surface area contributed by atoms with E-state index < -0.39 is 28.5 Å². The summed E-state index contributed by atoms with van der Waals surface area (Å²) in [5, 5.41) is 3.32. The molecule has 224 valence electrons. The van der Waals surface area contributed by atoms with Gasteiger partial charge < -0.3 is 10.2 Å². The minimum Gasteiger partial charge on any atom is -0.355 e. The van der Waals surface area contributed by atoms with E-state index in [1.165, 1.54) is 17.0 Å². The number of rotatable bonds is 12. The number of carbonyl (C=O) groups excluding carboxylic acids is 2. The molecule has 0 radical (unpaired) electrons. The lowest BCUT2D eigenvalue weighted by molar-refractivity contribution is -0.140. The van der Waals surface area contributed by atoms with Crippen molar-refractivity contribution in [3.05, 3.63) is 130 Å². The molecule has 0 heterocycles. The summed E-state index contributed by atoms with van der Waals surface area (Å²) in [6.45, 7) is 5.42. The Hall–Kier alpha value is -4.14. The Morgan fingerprint density at radius 1 is 0.837 bits per heavy atom. The van der Waals surface area contributed by atoms with Crippen LogP contribution in [0, 0.1) is 13.8 Å². The largest absolute Gasteiger partial charge is 0.355 e. The standard InChI is InChI=1S/C34H36ClN3O4S/c1-4-36-34(40)32(22-27-11-7-5-8-12-27)37(23-28-13-9-6-10-14-28)33(39)24-38(31-20-17-29(35)21-26(31)3)43(41,42)30-18-15-25(2)16-19-30/h5-21,32H,4,22-24H2,1-3H3,(H,36,40)/t32-/m0/s1. The van der Waals surface area contributed by atoms with Gasteiger partial charge >= 0.3 is 0 Å². The minimum atomic E-state index is -4.18. The summed E-state index contributed by atoms with van der Waals surface area (Å²) >= 11 is 6.21. The van der Waals surface area contributed by atoms with Gasteiger partial charge in [-0.2, -0.15) is 0 Å². The van der Waals surface area contributed by atoms with E-state index in [1.807, 2.05) is 74.5 Å².